The molecule has 3 atom stereocenters. The number of hydrogen-bond donors (Lipinski definition) is 1. The van der Waals surface area contributed by atoms with Gasteiger partial charge in [0.2, 0.25) is 5.91 Å². The Hall–Kier alpha value is -0.830. The second kappa shape index (κ2) is 6.56. The Bertz CT molecular complexity index is 418. The van der Waals surface area contributed by atoms with Crippen LogP contribution >= 0.6 is 15.9 Å². The van der Waals surface area contributed by atoms with Crippen LogP contribution in [0, 0.1) is 11.8 Å². The minimum absolute atomic E-state index is 0.180. The van der Waals surface area contributed by atoms with Gasteiger partial charge in [0.15, 0.2) is 0 Å². The van der Waals surface area contributed by atoms with Crippen molar-refractivity contribution in [1.29, 1.82) is 0 Å². The smallest absolute Gasteiger partial charge is 0.223 e. The van der Waals surface area contributed by atoms with Crippen LogP contribution in [0.3, 0.4) is 0 Å². The van der Waals surface area contributed by atoms with E-state index in [1.54, 1.807) is 0 Å². The van der Waals surface area contributed by atoms with Gasteiger partial charge in [-0.15, -0.1) is 0 Å². The summed E-state index contributed by atoms with van der Waals surface area (Å²) in [5.74, 6) is 1.32. The monoisotopic (exact) mass is 323 g/mol. The number of rotatable bonds is 6. The van der Waals surface area contributed by atoms with Crippen LogP contribution in [0.4, 0.5) is 0 Å². The molecule has 0 aromatic heterocycles. The second-order valence-corrected chi connectivity index (χ2v) is 6.49. The van der Waals surface area contributed by atoms with E-state index in [0.29, 0.717) is 11.8 Å². The Kier molecular flexibility index (Phi) is 5.03. The van der Waals surface area contributed by atoms with E-state index in [1.807, 2.05) is 18.2 Å². The van der Waals surface area contributed by atoms with Gasteiger partial charge in [-0.25, -0.2) is 0 Å². The number of benzene rings is 1. The summed E-state index contributed by atoms with van der Waals surface area (Å²) in [6.07, 6.45) is 1.99. The molecule has 0 bridgehead atoms. The summed E-state index contributed by atoms with van der Waals surface area (Å²) < 4.78 is 0. The molecule has 1 fully saturated rings. The lowest BCUT2D eigenvalue weighted by atomic mass is 10.0. The Morgan fingerprint density at radius 3 is 2.63 bits per heavy atom. The van der Waals surface area contributed by atoms with Crippen molar-refractivity contribution in [3.05, 3.63) is 35.9 Å². The van der Waals surface area contributed by atoms with Gasteiger partial charge in [-0.3, -0.25) is 4.79 Å². The summed E-state index contributed by atoms with van der Waals surface area (Å²) in [4.78, 5) is 12.3. The summed E-state index contributed by atoms with van der Waals surface area (Å²) in [5, 5.41) is 4.14. The fourth-order valence-electron chi connectivity index (χ4n) is 2.53. The number of nitrogens with one attached hydrogen (secondary N) is 1. The van der Waals surface area contributed by atoms with Crippen LogP contribution in [0.1, 0.15) is 38.2 Å². The van der Waals surface area contributed by atoms with E-state index in [9.17, 15) is 4.79 Å². The zero-order valence-electron chi connectivity index (χ0n) is 11.6. The lowest BCUT2D eigenvalue weighted by Gasteiger charge is -2.21. The molecule has 19 heavy (non-hydrogen) atoms. The zero-order valence-corrected chi connectivity index (χ0v) is 13.2. The number of amides is 1. The third-order valence-corrected chi connectivity index (χ3v) is 4.37. The molecule has 1 N–H and O–H groups in total. The molecule has 1 amide bonds. The summed E-state index contributed by atoms with van der Waals surface area (Å²) in [7, 11) is 0. The van der Waals surface area contributed by atoms with Gasteiger partial charge in [0, 0.05) is 17.3 Å². The SMILES string of the molecule is CC(C)C(CCBr)NC(=O)C1CC1c1ccccc1. The Labute approximate surface area is 124 Å². The maximum absolute atomic E-state index is 12.3. The van der Waals surface area contributed by atoms with Gasteiger partial charge in [0.25, 0.3) is 0 Å². The summed E-state index contributed by atoms with van der Waals surface area (Å²) in [5.41, 5.74) is 1.30. The molecule has 1 aliphatic rings. The van der Waals surface area contributed by atoms with Crippen LogP contribution in [0.5, 0.6) is 0 Å². The molecule has 0 spiro atoms. The van der Waals surface area contributed by atoms with Crippen LogP contribution in [0.15, 0.2) is 30.3 Å². The van der Waals surface area contributed by atoms with Gasteiger partial charge in [0.1, 0.15) is 0 Å². The molecule has 0 heterocycles. The molecule has 0 saturated heterocycles. The quantitative estimate of drug-likeness (QED) is 0.794. The molecule has 3 unspecified atom stereocenters. The van der Waals surface area contributed by atoms with E-state index in [1.165, 1.54) is 5.56 Å². The highest BCUT2D eigenvalue weighted by atomic mass is 79.9. The molecule has 1 aliphatic carbocycles. The van der Waals surface area contributed by atoms with Crippen molar-refractivity contribution in [3.8, 4) is 0 Å². The summed E-state index contributed by atoms with van der Waals surface area (Å²) in [6.45, 7) is 4.32. The summed E-state index contributed by atoms with van der Waals surface area (Å²) in [6, 6.07) is 10.6. The third-order valence-electron chi connectivity index (χ3n) is 3.91. The minimum Gasteiger partial charge on any atom is -0.353 e. The largest absolute Gasteiger partial charge is 0.353 e. The van der Waals surface area contributed by atoms with Crippen molar-refractivity contribution in [2.45, 2.75) is 38.6 Å². The van der Waals surface area contributed by atoms with Gasteiger partial charge >= 0.3 is 0 Å². The van der Waals surface area contributed by atoms with E-state index < -0.39 is 0 Å². The van der Waals surface area contributed by atoms with Gasteiger partial charge in [-0.2, -0.15) is 0 Å². The first-order chi connectivity index (χ1) is 9.13. The highest BCUT2D eigenvalue weighted by Gasteiger charge is 2.44. The second-order valence-electron chi connectivity index (χ2n) is 5.70. The van der Waals surface area contributed by atoms with E-state index >= 15 is 0 Å². The zero-order chi connectivity index (χ0) is 13.8. The fourth-order valence-corrected chi connectivity index (χ4v) is 3.03. The van der Waals surface area contributed by atoms with Crippen molar-refractivity contribution in [1.82, 2.24) is 5.32 Å². The first-order valence-corrected chi connectivity index (χ1v) is 8.17. The minimum atomic E-state index is 0.180. The van der Waals surface area contributed by atoms with E-state index in [0.717, 1.165) is 18.2 Å². The van der Waals surface area contributed by atoms with Crippen LogP contribution in [0.25, 0.3) is 0 Å². The van der Waals surface area contributed by atoms with Crippen molar-refractivity contribution in [2.24, 2.45) is 11.8 Å². The molecule has 1 aromatic rings. The number of hydrogen-bond acceptors (Lipinski definition) is 1. The standard InChI is InChI=1S/C16H22BrNO/c1-11(2)15(8-9-17)18-16(19)14-10-13(14)12-6-4-3-5-7-12/h3-7,11,13-15H,8-10H2,1-2H3,(H,18,19). The summed E-state index contributed by atoms with van der Waals surface area (Å²) >= 11 is 3.46. The predicted molar refractivity (Wildman–Crippen MR) is 82.5 cm³/mol. The molecule has 3 heteroatoms. The number of carbonyl (C=O) groups is 1. The topological polar surface area (TPSA) is 29.1 Å². The molecule has 1 aromatic carbocycles. The Morgan fingerprint density at radius 1 is 1.37 bits per heavy atom. The van der Waals surface area contributed by atoms with E-state index in [2.05, 4.69) is 47.2 Å². The maximum atomic E-state index is 12.3. The molecular weight excluding hydrogens is 302 g/mol. The Morgan fingerprint density at radius 2 is 2.05 bits per heavy atom. The first kappa shape index (κ1) is 14.6. The molecule has 0 aliphatic heterocycles. The predicted octanol–water partition coefficient (Wildman–Crippen LogP) is 3.72. The molecule has 104 valence electrons. The maximum Gasteiger partial charge on any atom is 0.223 e. The lowest BCUT2D eigenvalue weighted by Crippen LogP contribution is -2.39. The van der Waals surface area contributed by atoms with Crippen LogP contribution in [-0.2, 0) is 4.79 Å². The average Bonchev–Trinajstić information content (AvgIpc) is 3.19. The lowest BCUT2D eigenvalue weighted by molar-refractivity contribution is -0.123. The first-order valence-electron chi connectivity index (χ1n) is 7.04. The van der Waals surface area contributed by atoms with Crippen LogP contribution in [0.2, 0.25) is 0 Å². The number of halogens is 1. The van der Waals surface area contributed by atoms with E-state index in [4.69, 9.17) is 0 Å². The third kappa shape index (κ3) is 3.82. The highest BCUT2D eigenvalue weighted by molar-refractivity contribution is 9.09. The van der Waals surface area contributed by atoms with Gasteiger partial charge in [-0.1, -0.05) is 60.1 Å². The van der Waals surface area contributed by atoms with Gasteiger partial charge in [0.05, 0.1) is 0 Å². The number of alkyl halides is 1. The molecular formula is C16H22BrNO. The molecule has 2 rings (SSSR count). The van der Waals surface area contributed by atoms with Crippen LogP contribution in [-0.4, -0.2) is 17.3 Å². The van der Waals surface area contributed by atoms with Crippen molar-refractivity contribution in [3.63, 3.8) is 0 Å². The van der Waals surface area contributed by atoms with Crippen molar-refractivity contribution in [2.75, 3.05) is 5.33 Å². The fraction of sp³-hybridized carbons (Fsp3) is 0.562. The van der Waals surface area contributed by atoms with Crippen molar-refractivity contribution >= 4 is 21.8 Å². The van der Waals surface area contributed by atoms with Crippen molar-refractivity contribution < 1.29 is 4.79 Å². The molecule has 2 nitrogen and oxygen atoms in total. The highest BCUT2D eigenvalue weighted by Crippen LogP contribution is 2.47. The number of carbonyl (C=O) groups excluding carboxylic acids is 1. The molecule has 1 saturated carbocycles. The van der Waals surface area contributed by atoms with Gasteiger partial charge in [-0.05, 0) is 30.2 Å². The van der Waals surface area contributed by atoms with E-state index in [-0.39, 0.29) is 17.9 Å². The Balaban J connectivity index is 1.89. The molecule has 0 radical (unpaired) electrons. The van der Waals surface area contributed by atoms with Crippen LogP contribution < -0.4 is 5.32 Å². The van der Waals surface area contributed by atoms with Gasteiger partial charge < -0.3 is 5.32 Å². The normalized spacial score (nSPS) is 23.2. The average molecular weight is 324 g/mol.